The predicted octanol–water partition coefficient (Wildman–Crippen LogP) is 4.49. The van der Waals surface area contributed by atoms with Crippen molar-refractivity contribution in [2.45, 2.75) is 33.1 Å². The number of halogens is 2. The van der Waals surface area contributed by atoms with Crippen molar-refractivity contribution in [2.75, 3.05) is 8.86 Å². The zero-order chi connectivity index (χ0) is 12.1. The third-order valence-electron chi connectivity index (χ3n) is 3.16. The van der Waals surface area contributed by atoms with E-state index in [-0.39, 0.29) is 5.92 Å². The van der Waals surface area contributed by atoms with Crippen molar-refractivity contribution >= 4 is 51.0 Å². The molecule has 0 aromatic carbocycles. The number of hydrogen-bond acceptors (Lipinski definition) is 1. The molecule has 0 bridgehead atoms. The lowest BCUT2D eigenvalue weighted by Crippen LogP contribution is -2.12. The van der Waals surface area contributed by atoms with E-state index >= 15 is 0 Å². The molecular weight excluding hydrogens is 426 g/mol. The van der Waals surface area contributed by atoms with E-state index in [2.05, 4.69) is 51.3 Å². The van der Waals surface area contributed by atoms with Gasteiger partial charge in [-0.2, -0.15) is 0 Å². The van der Waals surface area contributed by atoms with E-state index in [1.165, 1.54) is 24.0 Å². The third-order valence-corrected chi connectivity index (χ3v) is 4.90. The maximum absolute atomic E-state index is 11.4. The molecule has 0 spiro atoms. The van der Waals surface area contributed by atoms with Gasteiger partial charge in [0.05, 0.1) is 0 Å². The SMILES string of the molecule is CC(=O)C(C)CC1=C(CI)CCC=C1CI. The summed E-state index contributed by atoms with van der Waals surface area (Å²) in [6.07, 6.45) is 5.64. The van der Waals surface area contributed by atoms with Crippen molar-refractivity contribution in [3.8, 4) is 0 Å². The van der Waals surface area contributed by atoms with Gasteiger partial charge in [0.1, 0.15) is 5.78 Å². The van der Waals surface area contributed by atoms with E-state index in [1.54, 1.807) is 12.5 Å². The van der Waals surface area contributed by atoms with Crippen molar-refractivity contribution in [1.82, 2.24) is 0 Å². The monoisotopic (exact) mass is 444 g/mol. The van der Waals surface area contributed by atoms with Crippen LogP contribution in [0.4, 0.5) is 0 Å². The highest BCUT2D eigenvalue weighted by Gasteiger charge is 2.18. The quantitative estimate of drug-likeness (QED) is 0.452. The van der Waals surface area contributed by atoms with E-state index in [0.717, 1.165) is 15.3 Å². The molecule has 1 aliphatic carbocycles. The average Bonchev–Trinajstić information content (AvgIpc) is 2.29. The van der Waals surface area contributed by atoms with Crippen LogP contribution in [0.5, 0.6) is 0 Å². The molecule has 1 aliphatic rings. The number of alkyl halides is 2. The molecule has 90 valence electrons. The van der Waals surface area contributed by atoms with Crippen molar-refractivity contribution in [1.29, 1.82) is 0 Å². The zero-order valence-corrected chi connectivity index (χ0v) is 14.2. The van der Waals surface area contributed by atoms with Gasteiger partial charge in [-0.15, -0.1) is 0 Å². The summed E-state index contributed by atoms with van der Waals surface area (Å²) in [7, 11) is 0. The summed E-state index contributed by atoms with van der Waals surface area (Å²) < 4.78 is 2.17. The molecule has 16 heavy (non-hydrogen) atoms. The van der Waals surface area contributed by atoms with Crippen molar-refractivity contribution in [2.24, 2.45) is 5.92 Å². The van der Waals surface area contributed by atoms with E-state index in [0.29, 0.717) is 5.78 Å². The standard InChI is InChI=1S/C13H18I2O/c1-9(10(2)16)6-13-11(7-14)4-3-5-12(13)8-15/h4,9H,3,5-8H2,1-2H3. The van der Waals surface area contributed by atoms with Gasteiger partial charge in [0, 0.05) is 14.8 Å². The lowest BCUT2D eigenvalue weighted by atomic mass is 9.86. The van der Waals surface area contributed by atoms with Crippen LogP contribution in [0, 0.1) is 5.92 Å². The van der Waals surface area contributed by atoms with Gasteiger partial charge < -0.3 is 0 Å². The van der Waals surface area contributed by atoms with Gasteiger partial charge in [0.2, 0.25) is 0 Å². The highest BCUT2D eigenvalue weighted by molar-refractivity contribution is 14.1. The van der Waals surface area contributed by atoms with Crippen LogP contribution in [-0.2, 0) is 4.79 Å². The van der Waals surface area contributed by atoms with Gasteiger partial charge in [0.15, 0.2) is 0 Å². The Bertz CT molecular complexity index is 329. The molecule has 0 saturated heterocycles. The molecule has 0 aliphatic heterocycles. The Morgan fingerprint density at radius 1 is 1.44 bits per heavy atom. The number of carbonyl (C=O) groups excluding carboxylic acids is 1. The van der Waals surface area contributed by atoms with Gasteiger partial charge in [-0.25, -0.2) is 0 Å². The Morgan fingerprint density at radius 2 is 2.12 bits per heavy atom. The molecule has 0 heterocycles. The molecule has 1 atom stereocenters. The van der Waals surface area contributed by atoms with E-state index < -0.39 is 0 Å². The van der Waals surface area contributed by atoms with Crippen LogP contribution in [0.1, 0.15) is 33.1 Å². The highest BCUT2D eigenvalue weighted by atomic mass is 127. The normalized spacial score (nSPS) is 18.4. The minimum absolute atomic E-state index is 0.164. The van der Waals surface area contributed by atoms with E-state index in [4.69, 9.17) is 0 Å². The first-order valence-electron chi connectivity index (χ1n) is 5.62. The lowest BCUT2D eigenvalue weighted by Gasteiger charge is -2.22. The van der Waals surface area contributed by atoms with Crippen molar-refractivity contribution in [3.05, 3.63) is 22.8 Å². The number of allylic oxidation sites excluding steroid dienone is 4. The lowest BCUT2D eigenvalue weighted by molar-refractivity contribution is -0.120. The van der Waals surface area contributed by atoms with Crippen LogP contribution < -0.4 is 0 Å². The number of Topliss-reactive ketones (excluding diaryl/α,β-unsaturated/α-hetero) is 1. The molecule has 0 amide bonds. The number of carbonyl (C=O) groups is 1. The van der Waals surface area contributed by atoms with Crippen LogP contribution in [0.25, 0.3) is 0 Å². The number of hydrogen-bond donors (Lipinski definition) is 0. The zero-order valence-electron chi connectivity index (χ0n) is 9.85. The molecule has 0 radical (unpaired) electrons. The van der Waals surface area contributed by atoms with E-state index in [9.17, 15) is 4.79 Å². The molecule has 0 saturated carbocycles. The maximum atomic E-state index is 11.4. The fourth-order valence-corrected chi connectivity index (χ4v) is 3.54. The maximum Gasteiger partial charge on any atom is 0.132 e. The molecule has 1 nitrogen and oxygen atoms in total. The molecule has 1 rings (SSSR count). The Balaban J connectivity index is 2.89. The first-order valence-corrected chi connectivity index (χ1v) is 8.68. The van der Waals surface area contributed by atoms with Crippen LogP contribution in [0.2, 0.25) is 0 Å². The predicted molar refractivity (Wildman–Crippen MR) is 86.6 cm³/mol. The van der Waals surface area contributed by atoms with Crippen LogP contribution in [-0.4, -0.2) is 14.6 Å². The second-order valence-electron chi connectivity index (χ2n) is 4.33. The molecule has 0 N–H and O–H groups in total. The van der Waals surface area contributed by atoms with Crippen molar-refractivity contribution < 1.29 is 4.79 Å². The minimum Gasteiger partial charge on any atom is -0.300 e. The summed E-state index contributed by atoms with van der Waals surface area (Å²) in [5.74, 6) is 0.469. The Kier molecular flexibility index (Phi) is 6.54. The first-order chi connectivity index (χ1) is 7.60. The molecular formula is C13H18I2O. The van der Waals surface area contributed by atoms with Crippen LogP contribution in [0.15, 0.2) is 22.8 Å². The Morgan fingerprint density at radius 3 is 2.62 bits per heavy atom. The summed E-state index contributed by atoms with van der Waals surface area (Å²) in [4.78, 5) is 11.4. The molecule has 0 aromatic heterocycles. The molecule has 0 aromatic rings. The smallest absolute Gasteiger partial charge is 0.132 e. The average molecular weight is 444 g/mol. The molecule has 1 unspecified atom stereocenters. The third kappa shape index (κ3) is 3.82. The summed E-state index contributed by atoms with van der Waals surface area (Å²) in [5, 5.41) is 0. The number of ketones is 1. The fraction of sp³-hybridized carbons (Fsp3) is 0.615. The summed E-state index contributed by atoms with van der Waals surface area (Å²) >= 11 is 4.86. The second kappa shape index (κ2) is 7.13. The van der Waals surface area contributed by atoms with Crippen LogP contribution in [0.3, 0.4) is 0 Å². The largest absolute Gasteiger partial charge is 0.300 e. The Hall–Kier alpha value is 0.610. The fourth-order valence-electron chi connectivity index (χ4n) is 1.93. The molecule has 3 heteroatoms. The van der Waals surface area contributed by atoms with Crippen LogP contribution >= 0.6 is 45.2 Å². The topological polar surface area (TPSA) is 17.1 Å². The van der Waals surface area contributed by atoms with Gasteiger partial charge in [-0.1, -0.05) is 63.8 Å². The van der Waals surface area contributed by atoms with Gasteiger partial charge in [-0.05, 0) is 37.3 Å². The Labute approximate surface area is 125 Å². The van der Waals surface area contributed by atoms with E-state index in [1.807, 2.05) is 6.92 Å². The summed E-state index contributed by atoms with van der Waals surface area (Å²) in [6, 6.07) is 0. The van der Waals surface area contributed by atoms with Gasteiger partial charge in [0.25, 0.3) is 0 Å². The van der Waals surface area contributed by atoms with Crippen molar-refractivity contribution in [3.63, 3.8) is 0 Å². The van der Waals surface area contributed by atoms with Gasteiger partial charge >= 0.3 is 0 Å². The summed E-state index contributed by atoms with van der Waals surface area (Å²) in [6.45, 7) is 3.74. The van der Waals surface area contributed by atoms with Gasteiger partial charge in [-0.3, -0.25) is 4.79 Å². The highest BCUT2D eigenvalue weighted by Crippen LogP contribution is 2.32. The second-order valence-corrected chi connectivity index (χ2v) is 5.86. The molecule has 0 fully saturated rings. The first kappa shape index (κ1) is 14.7. The number of rotatable bonds is 5. The summed E-state index contributed by atoms with van der Waals surface area (Å²) in [5.41, 5.74) is 4.49. The minimum atomic E-state index is 0.164.